The van der Waals surface area contributed by atoms with Gasteiger partial charge in [-0.15, -0.1) is 0 Å². The standard InChI is InChI=1S/C9H16N2O/c1-12-9-5-2-4-8(9)11-7-3-6-10/h8-9,11H,2-5,7H2,1H3. The summed E-state index contributed by atoms with van der Waals surface area (Å²) in [7, 11) is 1.76. The predicted octanol–water partition coefficient (Wildman–Crippen LogP) is 1.06. The number of ether oxygens (including phenoxy) is 1. The maximum absolute atomic E-state index is 8.34. The van der Waals surface area contributed by atoms with Gasteiger partial charge < -0.3 is 10.1 Å². The summed E-state index contributed by atoms with van der Waals surface area (Å²) in [5, 5.41) is 11.7. The molecule has 1 saturated carbocycles. The van der Waals surface area contributed by atoms with Crippen molar-refractivity contribution in [2.24, 2.45) is 0 Å². The molecule has 0 aromatic heterocycles. The third-order valence-electron chi connectivity index (χ3n) is 2.40. The van der Waals surface area contributed by atoms with E-state index in [0.717, 1.165) is 13.0 Å². The van der Waals surface area contributed by atoms with Gasteiger partial charge in [0, 0.05) is 26.1 Å². The highest BCUT2D eigenvalue weighted by Crippen LogP contribution is 2.21. The number of methoxy groups -OCH3 is 1. The van der Waals surface area contributed by atoms with E-state index < -0.39 is 0 Å². The zero-order valence-electron chi connectivity index (χ0n) is 7.55. The molecule has 12 heavy (non-hydrogen) atoms. The van der Waals surface area contributed by atoms with Gasteiger partial charge in [-0.25, -0.2) is 0 Å². The van der Waals surface area contributed by atoms with Crippen LogP contribution in [0.1, 0.15) is 25.7 Å². The minimum atomic E-state index is 0.365. The van der Waals surface area contributed by atoms with E-state index in [1.165, 1.54) is 12.8 Å². The van der Waals surface area contributed by atoms with Crippen LogP contribution in [0.2, 0.25) is 0 Å². The fourth-order valence-corrected chi connectivity index (χ4v) is 1.76. The lowest BCUT2D eigenvalue weighted by molar-refractivity contribution is 0.0855. The SMILES string of the molecule is COC1CCCC1NCCC#N. The first-order valence-electron chi connectivity index (χ1n) is 4.51. The van der Waals surface area contributed by atoms with Crippen LogP contribution in [0.4, 0.5) is 0 Å². The van der Waals surface area contributed by atoms with Crippen molar-refractivity contribution in [3.63, 3.8) is 0 Å². The van der Waals surface area contributed by atoms with Crippen molar-refractivity contribution < 1.29 is 4.74 Å². The van der Waals surface area contributed by atoms with Gasteiger partial charge in [0.2, 0.25) is 0 Å². The van der Waals surface area contributed by atoms with E-state index in [2.05, 4.69) is 11.4 Å². The largest absolute Gasteiger partial charge is 0.380 e. The average molecular weight is 168 g/mol. The van der Waals surface area contributed by atoms with Crippen LogP contribution in [0.15, 0.2) is 0 Å². The maximum atomic E-state index is 8.34. The van der Waals surface area contributed by atoms with Gasteiger partial charge in [-0.05, 0) is 19.3 Å². The van der Waals surface area contributed by atoms with Crippen molar-refractivity contribution in [2.45, 2.75) is 37.8 Å². The van der Waals surface area contributed by atoms with Crippen molar-refractivity contribution in [1.82, 2.24) is 5.32 Å². The molecule has 0 spiro atoms. The van der Waals surface area contributed by atoms with Gasteiger partial charge in [0.15, 0.2) is 0 Å². The van der Waals surface area contributed by atoms with Crippen molar-refractivity contribution >= 4 is 0 Å². The van der Waals surface area contributed by atoms with Crippen LogP contribution in [-0.2, 0) is 4.74 Å². The summed E-state index contributed by atoms with van der Waals surface area (Å²) in [5.41, 5.74) is 0. The highest BCUT2D eigenvalue weighted by molar-refractivity contribution is 4.84. The molecule has 0 amide bonds. The quantitative estimate of drug-likeness (QED) is 0.638. The zero-order valence-corrected chi connectivity index (χ0v) is 7.55. The van der Waals surface area contributed by atoms with Crippen molar-refractivity contribution in [1.29, 1.82) is 5.26 Å². The van der Waals surface area contributed by atoms with Gasteiger partial charge in [0.25, 0.3) is 0 Å². The van der Waals surface area contributed by atoms with Gasteiger partial charge >= 0.3 is 0 Å². The molecule has 1 rings (SSSR count). The third kappa shape index (κ3) is 2.47. The average Bonchev–Trinajstić information content (AvgIpc) is 2.52. The lowest BCUT2D eigenvalue weighted by Gasteiger charge is -2.18. The van der Waals surface area contributed by atoms with Crippen LogP contribution in [0, 0.1) is 11.3 Å². The summed E-state index contributed by atoms with van der Waals surface area (Å²) in [6.45, 7) is 0.793. The minimum Gasteiger partial charge on any atom is -0.380 e. The topological polar surface area (TPSA) is 45.0 Å². The number of nitriles is 1. The number of hydrogen-bond acceptors (Lipinski definition) is 3. The van der Waals surface area contributed by atoms with Gasteiger partial charge in [-0.3, -0.25) is 0 Å². The Hall–Kier alpha value is -0.590. The molecule has 1 aliphatic carbocycles. The molecular formula is C9H16N2O. The third-order valence-corrected chi connectivity index (χ3v) is 2.40. The Morgan fingerprint density at radius 1 is 1.58 bits per heavy atom. The Bertz CT molecular complexity index is 164. The summed E-state index contributed by atoms with van der Waals surface area (Å²) >= 11 is 0. The van der Waals surface area contributed by atoms with E-state index in [4.69, 9.17) is 10.00 Å². The smallest absolute Gasteiger partial charge is 0.0724 e. The van der Waals surface area contributed by atoms with Crippen LogP contribution >= 0.6 is 0 Å². The van der Waals surface area contributed by atoms with E-state index in [0.29, 0.717) is 18.6 Å². The van der Waals surface area contributed by atoms with Gasteiger partial charge in [0.1, 0.15) is 0 Å². The Balaban J connectivity index is 2.18. The van der Waals surface area contributed by atoms with Crippen LogP contribution in [-0.4, -0.2) is 25.8 Å². The number of nitrogens with zero attached hydrogens (tertiary/aromatic N) is 1. The van der Waals surface area contributed by atoms with E-state index in [1.807, 2.05) is 0 Å². The molecule has 1 N–H and O–H groups in total. The van der Waals surface area contributed by atoms with E-state index in [9.17, 15) is 0 Å². The number of nitrogens with one attached hydrogen (secondary N) is 1. The molecule has 1 aliphatic rings. The first kappa shape index (κ1) is 9.50. The molecule has 3 heteroatoms. The molecule has 0 aromatic carbocycles. The Labute approximate surface area is 73.7 Å². The summed E-state index contributed by atoms with van der Waals surface area (Å²) in [6.07, 6.45) is 4.53. The monoisotopic (exact) mass is 168 g/mol. The molecular weight excluding hydrogens is 152 g/mol. The van der Waals surface area contributed by atoms with Crippen molar-refractivity contribution in [3.8, 4) is 6.07 Å². The highest BCUT2D eigenvalue weighted by atomic mass is 16.5. The maximum Gasteiger partial charge on any atom is 0.0724 e. The Morgan fingerprint density at radius 2 is 2.42 bits per heavy atom. The van der Waals surface area contributed by atoms with Crippen molar-refractivity contribution in [2.75, 3.05) is 13.7 Å². The van der Waals surface area contributed by atoms with E-state index >= 15 is 0 Å². The Morgan fingerprint density at radius 3 is 3.08 bits per heavy atom. The lowest BCUT2D eigenvalue weighted by Crippen LogP contribution is -2.37. The molecule has 0 radical (unpaired) electrons. The fraction of sp³-hybridized carbons (Fsp3) is 0.889. The second kappa shape index (κ2) is 5.13. The van der Waals surface area contributed by atoms with E-state index in [1.54, 1.807) is 7.11 Å². The first-order chi connectivity index (χ1) is 5.88. The lowest BCUT2D eigenvalue weighted by atomic mass is 10.2. The summed E-state index contributed by atoms with van der Waals surface area (Å²) in [6, 6.07) is 2.60. The predicted molar refractivity (Wildman–Crippen MR) is 46.7 cm³/mol. The number of rotatable bonds is 4. The van der Waals surface area contributed by atoms with Crippen LogP contribution in [0.3, 0.4) is 0 Å². The molecule has 0 saturated heterocycles. The number of hydrogen-bond donors (Lipinski definition) is 1. The molecule has 0 aromatic rings. The Kier molecular flexibility index (Phi) is 4.06. The first-order valence-corrected chi connectivity index (χ1v) is 4.51. The van der Waals surface area contributed by atoms with E-state index in [-0.39, 0.29) is 0 Å². The van der Waals surface area contributed by atoms with Gasteiger partial charge in [-0.2, -0.15) is 5.26 Å². The van der Waals surface area contributed by atoms with Crippen LogP contribution in [0.25, 0.3) is 0 Å². The summed E-state index contributed by atoms with van der Waals surface area (Å²) in [4.78, 5) is 0. The molecule has 0 heterocycles. The minimum absolute atomic E-state index is 0.365. The molecule has 2 unspecified atom stereocenters. The molecule has 0 aliphatic heterocycles. The molecule has 2 atom stereocenters. The highest BCUT2D eigenvalue weighted by Gasteiger charge is 2.25. The molecule has 3 nitrogen and oxygen atoms in total. The van der Waals surface area contributed by atoms with Crippen molar-refractivity contribution in [3.05, 3.63) is 0 Å². The van der Waals surface area contributed by atoms with Gasteiger partial charge in [0.05, 0.1) is 12.2 Å². The second-order valence-corrected chi connectivity index (χ2v) is 3.17. The van der Waals surface area contributed by atoms with Gasteiger partial charge in [-0.1, -0.05) is 0 Å². The zero-order chi connectivity index (χ0) is 8.81. The normalized spacial score (nSPS) is 28.7. The van der Waals surface area contributed by atoms with Crippen LogP contribution in [0.5, 0.6) is 0 Å². The second-order valence-electron chi connectivity index (χ2n) is 3.17. The fourth-order valence-electron chi connectivity index (χ4n) is 1.76. The summed E-state index contributed by atoms with van der Waals surface area (Å²) in [5.74, 6) is 0. The van der Waals surface area contributed by atoms with Crippen LogP contribution < -0.4 is 5.32 Å². The summed E-state index contributed by atoms with van der Waals surface area (Å²) < 4.78 is 5.31. The molecule has 0 bridgehead atoms. The molecule has 1 fully saturated rings. The molecule has 68 valence electrons.